The zero-order valence-corrected chi connectivity index (χ0v) is 9.38. The van der Waals surface area contributed by atoms with Gasteiger partial charge in [0.1, 0.15) is 10.8 Å². The van der Waals surface area contributed by atoms with Gasteiger partial charge in [0.15, 0.2) is 5.88 Å². The predicted molar refractivity (Wildman–Crippen MR) is 54.7 cm³/mol. The number of rotatable bonds is 2. The molecule has 0 spiro atoms. The Bertz CT molecular complexity index is 487. The van der Waals surface area contributed by atoms with Gasteiger partial charge in [-0.05, 0) is 16.8 Å². The van der Waals surface area contributed by atoms with Crippen molar-refractivity contribution < 1.29 is 14.5 Å². The lowest BCUT2D eigenvalue weighted by Crippen LogP contribution is -2.35. The maximum atomic E-state index is 11.4. The summed E-state index contributed by atoms with van der Waals surface area (Å²) in [7, 11) is 1.55. The highest BCUT2D eigenvalue weighted by molar-refractivity contribution is 7.03. The second kappa shape index (κ2) is 4.04. The summed E-state index contributed by atoms with van der Waals surface area (Å²) in [5.74, 6) is 0.435. The molecule has 0 saturated heterocycles. The third kappa shape index (κ3) is 1.88. The van der Waals surface area contributed by atoms with Crippen LogP contribution < -0.4 is 14.5 Å². The fourth-order valence-electron chi connectivity index (χ4n) is 1.15. The summed E-state index contributed by atoms with van der Waals surface area (Å²) >= 11 is 7.05. The van der Waals surface area contributed by atoms with E-state index in [4.69, 9.17) is 16.3 Å². The van der Waals surface area contributed by atoms with Crippen LogP contribution in [0.15, 0.2) is 23.6 Å². The Labute approximate surface area is 95.5 Å². The average Bonchev–Trinajstić information content (AvgIpc) is 2.65. The zero-order valence-electron chi connectivity index (χ0n) is 7.81. The number of ether oxygens (including phenoxy) is 1. The molecular weight excluding hydrogens is 236 g/mol. The predicted octanol–water partition coefficient (Wildman–Crippen LogP) is 1.16. The quantitative estimate of drug-likeness (QED) is 0.743. The Kier molecular flexibility index (Phi) is 2.75. The minimum absolute atomic E-state index is 0.199. The normalized spacial score (nSPS) is 10.3. The molecule has 0 atom stereocenters. The molecule has 1 aromatic heterocycles. The molecule has 1 heterocycles. The lowest BCUT2D eigenvalue weighted by atomic mass is 10.3. The molecular formula is C9H7ClN2O2S. The third-order valence-electron chi connectivity index (χ3n) is 1.87. The Morgan fingerprint density at radius 1 is 1.53 bits per heavy atom. The molecule has 0 N–H and O–H groups in total. The van der Waals surface area contributed by atoms with Gasteiger partial charge in [-0.2, -0.15) is 0 Å². The third-order valence-corrected chi connectivity index (χ3v) is 2.76. The fraction of sp³-hybridized carbons (Fsp3) is 0.111. The van der Waals surface area contributed by atoms with Crippen molar-refractivity contribution >= 4 is 23.1 Å². The van der Waals surface area contributed by atoms with Crippen LogP contribution in [0.5, 0.6) is 11.6 Å². The molecule has 0 unspecified atom stereocenters. The molecule has 0 aliphatic rings. The smallest absolute Gasteiger partial charge is 0.260 e. The summed E-state index contributed by atoms with van der Waals surface area (Å²) in [5.41, 5.74) is 0.530. The second-order valence-corrected chi connectivity index (χ2v) is 3.79. The molecule has 1 aromatic carbocycles. The Morgan fingerprint density at radius 2 is 2.33 bits per heavy atom. The Balaban J connectivity index is 2.56. The van der Waals surface area contributed by atoms with E-state index in [1.54, 1.807) is 25.3 Å². The standard InChI is InChI=1S/C9H7ClN2O2S/c1-14-6-2-3-7(10)8(4-6)12-9(13)5-15-11-12/h2-5H,1H3. The number of halogens is 1. The number of hydrogen-bond donors (Lipinski definition) is 0. The maximum absolute atomic E-state index is 11.4. The first-order valence-corrected chi connectivity index (χ1v) is 5.31. The van der Waals surface area contributed by atoms with Crippen LogP contribution in [-0.4, -0.2) is 11.6 Å². The molecule has 0 fully saturated rings. The molecule has 78 valence electrons. The summed E-state index contributed by atoms with van der Waals surface area (Å²) < 4.78 is 10.2. The minimum Gasteiger partial charge on any atom is -0.820 e. The van der Waals surface area contributed by atoms with Gasteiger partial charge in [-0.25, -0.2) is 0 Å². The number of methoxy groups -OCH3 is 1. The van der Waals surface area contributed by atoms with Gasteiger partial charge in [0, 0.05) is 11.5 Å². The van der Waals surface area contributed by atoms with Gasteiger partial charge in [-0.15, -0.1) is 0 Å². The first kappa shape index (κ1) is 10.2. The minimum atomic E-state index is -0.199. The van der Waals surface area contributed by atoms with Gasteiger partial charge in [0.2, 0.25) is 0 Å². The SMILES string of the molecule is COc1ccc(Cl)c(-[n+]2nscc2[O-])c1. The first-order valence-electron chi connectivity index (χ1n) is 4.10. The van der Waals surface area contributed by atoms with E-state index in [1.807, 2.05) is 0 Å². The topological polar surface area (TPSA) is 49.1 Å². The van der Waals surface area contributed by atoms with Gasteiger partial charge >= 0.3 is 0 Å². The van der Waals surface area contributed by atoms with Gasteiger partial charge in [0.05, 0.1) is 23.0 Å². The van der Waals surface area contributed by atoms with Crippen LogP contribution in [0.1, 0.15) is 0 Å². The summed E-state index contributed by atoms with van der Waals surface area (Å²) in [5, 5.41) is 13.3. The van der Waals surface area contributed by atoms with Crippen LogP contribution in [-0.2, 0) is 0 Å². The fourth-order valence-corrected chi connectivity index (χ4v) is 1.85. The summed E-state index contributed by atoms with van der Waals surface area (Å²) in [6.45, 7) is 0. The number of aromatic nitrogens is 2. The molecule has 6 heteroatoms. The van der Waals surface area contributed by atoms with E-state index >= 15 is 0 Å². The van der Waals surface area contributed by atoms with E-state index in [0.717, 1.165) is 11.5 Å². The average molecular weight is 243 g/mol. The van der Waals surface area contributed by atoms with E-state index in [0.29, 0.717) is 16.5 Å². The van der Waals surface area contributed by atoms with Crippen LogP contribution in [0, 0.1) is 0 Å². The van der Waals surface area contributed by atoms with Crippen LogP contribution in [0.3, 0.4) is 0 Å². The number of nitrogens with zero attached hydrogens (tertiary/aromatic N) is 2. The monoisotopic (exact) mass is 242 g/mol. The van der Waals surface area contributed by atoms with Gasteiger partial charge < -0.3 is 9.84 Å². The molecule has 15 heavy (non-hydrogen) atoms. The zero-order chi connectivity index (χ0) is 10.8. The van der Waals surface area contributed by atoms with Crippen molar-refractivity contribution in [3.8, 4) is 17.3 Å². The van der Waals surface area contributed by atoms with E-state index < -0.39 is 0 Å². The molecule has 0 bridgehead atoms. The summed E-state index contributed by atoms with van der Waals surface area (Å²) in [6.07, 6.45) is 0. The van der Waals surface area contributed by atoms with Gasteiger partial charge in [0.25, 0.3) is 5.69 Å². The first-order chi connectivity index (χ1) is 7.22. The van der Waals surface area contributed by atoms with E-state index in [1.165, 1.54) is 10.1 Å². The maximum Gasteiger partial charge on any atom is 0.260 e. The highest BCUT2D eigenvalue weighted by Gasteiger charge is 2.16. The van der Waals surface area contributed by atoms with Crippen molar-refractivity contribution in [2.45, 2.75) is 0 Å². The second-order valence-electron chi connectivity index (χ2n) is 2.77. The lowest BCUT2D eigenvalue weighted by Gasteiger charge is -2.02. The van der Waals surface area contributed by atoms with Crippen LogP contribution in [0.4, 0.5) is 0 Å². The Morgan fingerprint density at radius 3 is 2.93 bits per heavy atom. The van der Waals surface area contributed by atoms with Gasteiger partial charge in [-0.1, -0.05) is 11.6 Å². The molecule has 0 aliphatic heterocycles. The van der Waals surface area contributed by atoms with Gasteiger partial charge in [-0.3, -0.25) is 0 Å². The van der Waals surface area contributed by atoms with Crippen molar-refractivity contribution in [3.05, 3.63) is 28.6 Å². The summed E-state index contributed by atoms with van der Waals surface area (Å²) in [6, 6.07) is 5.06. The highest BCUT2D eigenvalue weighted by atomic mass is 35.5. The lowest BCUT2D eigenvalue weighted by molar-refractivity contribution is -0.695. The molecule has 0 saturated carbocycles. The number of benzene rings is 1. The number of hydrogen-bond acceptors (Lipinski definition) is 4. The van der Waals surface area contributed by atoms with Crippen LogP contribution >= 0.6 is 23.1 Å². The van der Waals surface area contributed by atoms with E-state index in [9.17, 15) is 5.11 Å². The van der Waals surface area contributed by atoms with Crippen LogP contribution in [0.2, 0.25) is 5.02 Å². The molecule has 0 radical (unpaired) electrons. The van der Waals surface area contributed by atoms with Crippen molar-refractivity contribution in [1.29, 1.82) is 0 Å². The summed E-state index contributed by atoms with van der Waals surface area (Å²) in [4.78, 5) is 0. The molecule has 0 aliphatic carbocycles. The van der Waals surface area contributed by atoms with Crippen LogP contribution in [0.25, 0.3) is 5.69 Å². The molecule has 0 amide bonds. The molecule has 4 nitrogen and oxygen atoms in total. The van der Waals surface area contributed by atoms with Crippen molar-refractivity contribution in [3.63, 3.8) is 0 Å². The van der Waals surface area contributed by atoms with Crippen molar-refractivity contribution in [2.75, 3.05) is 7.11 Å². The van der Waals surface area contributed by atoms with Crippen molar-refractivity contribution in [2.24, 2.45) is 0 Å². The molecule has 2 aromatic rings. The van der Waals surface area contributed by atoms with E-state index in [2.05, 4.69) is 4.49 Å². The van der Waals surface area contributed by atoms with E-state index in [-0.39, 0.29) is 5.88 Å². The van der Waals surface area contributed by atoms with Crippen molar-refractivity contribution in [1.82, 2.24) is 4.49 Å². The Hall–Kier alpha value is -1.33. The largest absolute Gasteiger partial charge is 0.820 e. The highest BCUT2D eigenvalue weighted by Crippen LogP contribution is 2.22. The molecule has 2 rings (SSSR count).